The normalized spacial score (nSPS) is 10.5. The number of benzene rings is 1. The van der Waals surface area contributed by atoms with Gasteiger partial charge in [0.1, 0.15) is 0 Å². The maximum atomic E-state index is 11.0. The molecule has 0 aliphatic carbocycles. The average molecular weight is 281 g/mol. The van der Waals surface area contributed by atoms with Crippen LogP contribution in [0.2, 0.25) is 5.02 Å². The molecule has 0 saturated carbocycles. The predicted octanol–water partition coefficient (Wildman–Crippen LogP) is 2.72. The van der Waals surface area contributed by atoms with E-state index < -0.39 is 5.97 Å². The largest absolute Gasteiger partial charge is 0.493 e. The number of hydrogen-bond acceptors (Lipinski definition) is 4. The van der Waals surface area contributed by atoms with Crippen molar-refractivity contribution in [2.24, 2.45) is 0 Å². The van der Waals surface area contributed by atoms with E-state index in [0.717, 1.165) is 0 Å². The fourth-order valence-electron chi connectivity index (χ4n) is 1.74. The average Bonchev–Trinajstić information content (AvgIpc) is 2.65. The number of esters is 1. The van der Waals surface area contributed by atoms with Gasteiger partial charge in [-0.2, -0.15) is 4.68 Å². The molecule has 0 amide bonds. The first kappa shape index (κ1) is 13.4. The molecule has 0 aliphatic rings. The van der Waals surface area contributed by atoms with Crippen molar-refractivity contribution in [1.82, 2.24) is 9.78 Å². The number of nitrogens with zero attached hydrogens (tertiary/aromatic N) is 2. The standard InChI is InChI=1S/C13H13ClN2O3/c1-3-9-12(19-8(2)17)15-16(13(9)18)11-7-5-4-6-10(11)14/h4-7,18H,3H2,1-2H3. The minimum atomic E-state index is -0.487. The van der Waals surface area contributed by atoms with Gasteiger partial charge in [-0.1, -0.05) is 30.7 Å². The van der Waals surface area contributed by atoms with E-state index in [0.29, 0.717) is 22.7 Å². The molecule has 0 bridgehead atoms. The number of carbonyl (C=O) groups excluding carboxylic acids is 1. The van der Waals surface area contributed by atoms with Crippen molar-refractivity contribution in [3.8, 4) is 17.4 Å². The van der Waals surface area contributed by atoms with Gasteiger partial charge in [0, 0.05) is 6.92 Å². The lowest BCUT2D eigenvalue weighted by Crippen LogP contribution is -2.04. The van der Waals surface area contributed by atoms with Crippen molar-refractivity contribution < 1.29 is 14.6 Å². The van der Waals surface area contributed by atoms with Gasteiger partial charge in [-0.05, 0) is 18.6 Å². The maximum absolute atomic E-state index is 11.0. The van der Waals surface area contributed by atoms with Crippen molar-refractivity contribution in [3.63, 3.8) is 0 Å². The van der Waals surface area contributed by atoms with Crippen molar-refractivity contribution in [3.05, 3.63) is 34.9 Å². The molecule has 6 heteroatoms. The van der Waals surface area contributed by atoms with Crippen LogP contribution in [0.1, 0.15) is 19.4 Å². The van der Waals surface area contributed by atoms with E-state index in [4.69, 9.17) is 16.3 Å². The minimum absolute atomic E-state index is 0.0770. The number of ether oxygens (including phenoxy) is 1. The summed E-state index contributed by atoms with van der Waals surface area (Å²) in [6.07, 6.45) is 0.485. The molecule has 0 spiro atoms. The molecule has 0 unspecified atom stereocenters. The van der Waals surface area contributed by atoms with Crippen LogP contribution in [0.15, 0.2) is 24.3 Å². The van der Waals surface area contributed by atoms with E-state index in [9.17, 15) is 9.90 Å². The Kier molecular flexibility index (Phi) is 3.76. The fraction of sp³-hybridized carbons (Fsp3) is 0.231. The van der Waals surface area contributed by atoms with Gasteiger partial charge in [-0.3, -0.25) is 4.79 Å². The van der Waals surface area contributed by atoms with Crippen molar-refractivity contribution in [1.29, 1.82) is 0 Å². The van der Waals surface area contributed by atoms with E-state index in [-0.39, 0.29) is 11.8 Å². The van der Waals surface area contributed by atoms with Crippen LogP contribution in [-0.2, 0) is 11.2 Å². The Bertz CT molecular complexity index is 622. The summed E-state index contributed by atoms with van der Waals surface area (Å²) in [5.41, 5.74) is 0.991. The van der Waals surface area contributed by atoms with Crippen LogP contribution in [0.25, 0.3) is 5.69 Å². The number of para-hydroxylation sites is 1. The highest BCUT2D eigenvalue weighted by molar-refractivity contribution is 6.32. The lowest BCUT2D eigenvalue weighted by molar-refractivity contribution is -0.132. The molecule has 0 radical (unpaired) electrons. The van der Waals surface area contributed by atoms with Gasteiger partial charge in [0.25, 0.3) is 0 Å². The Morgan fingerprint density at radius 3 is 2.74 bits per heavy atom. The third-order valence-corrected chi connectivity index (χ3v) is 2.91. The summed E-state index contributed by atoms with van der Waals surface area (Å²) in [6.45, 7) is 3.12. The zero-order valence-electron chi connectivity index (χ0n) is 10.6. The minimum Gasteiger partial charge on any atom is -0.493 e. The first-order valence-corrected chi connectivity index (χ1v) is 6.16. The van der Waals surface area contributed by atoms with Crippen molar-refractivity contribution >= 4 is 17.6 Å². The summed E-state index contributed by atoms with van der Waals surface area (Å²) >= 11 is 6.06. The second-order valence-corrected chi connectivity index (χ2v) is 4.32. The number of rotatable bonds is 3. The molecule has 0 saturated heterocycles. The predicted molar refractivity (Wildman–Crippen MR) is 70.9 cm³/mol. The van der Waals surface area contributed by atoms with Crippen LogP contribution < -0.4 is 4.74 Å². The van der Waals surface area contributed by atoms with Crippen LogP contribution in [0.3, 0.4) is 0 Å². The van der Waals surface area contributed by atoms with Gasteiger partial charge in [-0.15, -0.1) is 5.10 Å². The first-order valence-electron chi connectivity index (χ1n) is 5.78. The van der Waals surface area contributed by atoms with Gasteiger partial charge in [0.05, 0.1) is 16.3 Å². The zero-order chi connectivity index (χ0) is 14.0. The number of aromatic nitrogens is 2. The SMILES string of the molecule is CCc1c(OC(C)=O)nn(-c2ccccc2Cl)c1O. The number of hydrogen-bond donors (Lipinski definition) is 1. The van der Waals surface area contributed by atoms with E-state index in [2.05, 4.69) is 5.10 Å². The van der Waals surface area contributed by atoms with Crippen LogP contribution in [0, 0.1) is 0 Å². The fourth-order valence-corrected chi connectivity index (χ4v) is 1.96. The summed E-state index contributed by atoms with van der Waals surface area (Å²) in [6, 6.07) is 6.96. The van der Waals surface area contributed by atoms with Gasteiger partial charge in [0.15, 0.2) is 0 Å². The number of aromatic hydroxyl groups is 1. The quantitative estimate of drug-likeness (QED) is 0.878. The molecule has 19 heavy (non-hydrogen) atoms. The van der Waals surface area contributed by atoms with Gasteiger partial charge in [0.2, 0.25) is 11.8 Å². The topological polar surface area (TPSA) is 64.3 Å². The molecular formula is C13H13ClN2O3. The van der Waals surface area contributed by atoms with Gasteiger partial charge < -0.3 is 9.84 Å². The Morgan fingerprint density at radius 1 is 1.47 bits per heavy atom. The lowest BCUT2D eigenvalue weighted by Gasteiger charge is -2.04. The molecule has 1 N–H and O–H groups in total. The van der Waals surface area contributed by atoms with Crippen LogP contribution >= 0.6 is 11.6 Å². The third-order valence-electron chi connectivity index (χ3n) is 2.59. The van der Waals surface area contributed by atoms with E-state index in [1.54, 1.807) is 24.3 Å². The highest BCUT2D eigenvalue weighted by atomic mass is 35.5. The Morgan fingerprint density at radius 2 is 2.16 bits per heavy atom. The van der Waals surface area contributed by atoms with Crippen LogP contribution in [-0.4, -0.2) is 20.9 Å². The molecule has 0 aliphatic heterocycles. The van der Waals surface area contributed by atoms with E-state index >= 15 is 0 Å². The first-order chi connectivity index (χ1) is 9.04. The molecule has 1 aromatic heterocycles. The van der Waals surface area contributed by atoms with Crippen LogP contribution in [0.5, 0.6) is 11.8 Å². The summed E-state index contributed by atoms with van der Waals surface area (Å²) in [5.74, 6) is -0.460. The molecular weight excluding hydrogens is 268 g/mol. The molecule has 1 heterocycles. The lowest BCUT2D eigenvalue weighted by atomic mass is 10.2. The molecule has 0 atom stereocenters. The van der Waals surface area contributed by atoms with Crippen LogP contribution in [0.4, 0.5) is 0 Å². The Balaban J connectivity index is 2.56. The summed E-state index contributed by atoms with van der Waals surface area (Å²) in [7, 11) is 0. The Labute approximate surface area is 115 Å². The molecule has 1 aromatic carbocycles. The highest BCUT2D eigenvalue weighted by Crippen LogP contribution is 2.32. The molecule has 100 valence electrons. The Hall–Kier alpha value is -2.01. The number of halogens is 1. The molecule has 2 rings (SSSR count). The maximum Gasteiger partial charge on any atom is 0.309 e. The molecule has 5 nitrogen and oxygen atoms in total. The van der Waals surface area contributed by atoms with Gasteiger partial charge >= 0.3 is 5.97 Å². The molecule has 2 aromatic rings. The number of carbonyl (C=O) groups is 1. The second kappa shape index (κ2) is 5.32. The second-order valence-electron chi connectivity index (χ2n) is 3.92. The van der Waals surface area contributed by atoms with Gasteiger partial charge in [-0.25, -0.2) is 0 Å². The summed E-state index contributed by atoms with van der Waals surface area (Å²) in [5, 5.41) is 14.7. The summed E-state index contributed by atoms with van der Waals surface area (Å²) in [4.78, 5) is 11.0. The van der Waals surface area contributed by atoms with E-state index in [1.165, 1.54) is 11.6 Å². The highest BCUT2D eigenvalue weighted by Gasteiger charge is 2.20. The smallest absolute Gasteiger partial charge is 0.309 e. The third kappa shape index (κ3) is 2.56. The summed E-state index contributed by atoms with van der Waals surface area (Å²) < 4.78 is 6.25. The monoisotopic (exact) mass is 280 g/mol. The van der Waals surface area contributed by atoms with E-state index in [1.807, 2.05) is 6.92 Å². The van der Waals surface area contributed by atoms with Crippen molar-refractivity contribution in [2.45, 2.75) is 20.3 Å². The van der Waals surface area contributed by atoms with Crippen molar-refractivity contribution in [2.75, 3.05) is 0 Å². The molecule has 0 fully saturated rings. The zero-order valence-corrected chi connectivity index (χ0v) is 11.3.